The van der Waals surface area contributed by atoms with E-state index < -0.39 is 0 Å². The summed E-state index contributed by atoms with van der Waals surface area (Å²) in [6.07, 6.45) is 0. The number of anilines is 3. The summed E-state index contributed by atoms with van der Waals surface area (Å²) >= 11 is 0. The van der Waals surface area contributed by atoms with E-state index in [1.54, 1.807) is 0 Å². The van der Waals surface area contributed by atoms with Crippen LogP contribution < -0.4 is 4.90 Å². The van der Waals surface area contributed by atoms with Gasteiger partial charge in [-0.05, 0) is 92.0 Å². The van der Waals surface area contributed by atoms with Crippen molar-refractivity contribution in [3.63, 3.8) is 0 Å². The molecular weight excluding hydrogens is 631 g/mol. The summed E-state index contributed by atoms with van der Waals surface area (Å²) in [6, 6.07) is 71.6. The minimum Gasteiger partial charge on any atom is -0.453 e. The number of fused-ring (bicyclic) bond motifs is 6. The Morgan fingerprint density at radius 1 is 0.288 bits per heavy atom. The van der Waals surface area contributed by atoms with Gasteiger partial charge in [0.15, 0.2) is 5.58 Å². The minimum absolute atomic E-state index is 0.870. The van der Waals surface area contributed by atoms with Crippen LogP contribution in [0.3, 0.4) is 0 Å². The average molecular weight is 664 g/mol. The van der Waals surface area contributed by atoms with Crippen LogP contribution in [0.4, 0.5) is 17.1 Å². The molecule has 1 heterocycles. The van der Waals surface area contributed by atoms with E-state index in [4.69, 9.17) is 4.42 Å². The SMILES string of the molecule is c1ccc(-c2ccc(N(c3ccc(-c4ccc(-c5ccc6ccccc6c5)cc4)cc3)c3cccc4c3oc3c5ccccc5ccc43)cc2)cc1. The van der Waals surface area contributed by atoms with E-state index in [1.807, 2.05) is 0 Å². The minimum atomic E-state index is 0.870. The first-order chi connectivity index (χ1) is 25.8. The smallest absolute Gasteiger partial charge is 0.159 e. The lowest BCUT2D eigenvalue weighted by Crippen LogP contribution is -2.10. The van der Waals surface area contributed by atoms with Crippen molar-refractivity contribution in [1.82, 2.24) is 0 Å². The maximum absolute atomic E-state index is 6.84. The molecule has 0 N–H and O–H groups in total. The van der Waals surface area contributed by atoms with Crippen molar-refractivity contribution < 1.29 is 4.42 Å². The molecule has 0 aliphatic rings. The van der Waals surface area contributed by atoms with Gasteiger partial charge in [-0.15, -0.1) is 0 Å². The molecule has 10 rings (SSSR count). The zero-order valence-electron chi connectivity index (χ0n) is 28.4. The third-order valence-corrected chi connectivity index (χ3v) is 10.3. The summed E-state index contributed by atoms with van der Waals surface area (Å²) < 4.78 is 6.84. The molecule has 0 bridgehead atoms. The van der Waals surface area contributed by atoms with E-state index in [-0.39, 0.29) is 0 Å². The van der Waals surface area contributed by atoms with E-state index in [0.29, 0.717) is 0 Å². The molecule has 0 amide bonds. The van der Waals surface area contributed by atoms with Crippen LogP contribution in [-0.2, 0) is 0 Å². The highest BCUT2D eigenvalue weighted by Crippen LogP contribution is 2.44. The molecule has 9 aromatic carbocycles. The molecule has 0 atom stereocenters. The predicted molar refractivity (Wildman–Crippen MR) is 220 cm³/mol. The Balaban J connectivity index is 1.06. The van der Waals surface area contributed by atoms with Crippen LogP contribution in [0.15, 0.2) is 205 Å². The molecule has 2 heteroatoms. The standard InChI is InChI=1S/C50H33NO/c1-2-9-34(10-3-1)37-23-28-43(29-24-37)51(48-16-8-15-46-47-32-27-40-12-6-7-14-45(40)49(47)52-50(46)48)44-30-25-38(26-31-44)36-17-19-39(20-18-36)42-22-21-35-11-4-5-13-41(35)33-42/h1-33H. The van der Waals surface area contributed by atoms with Crippen LogP contribution in [0.5, 0.6) is 0 Å². The number of rotatable bonds is 6. The van der Waals surface area contributed by atoms with E-state index in [9.17, 15) is 0 Å². The topological polar surface area (TPSA) is 16.4 Å². The third kappa shape index (κ3) is 5.21. The highest BCUT2D eigenvalue weighted by Gasteiger charge is 2.20. The predicted octanol–water partition coefficient (Wildman–Crippen LogP) is 14.4. The summed E-state index contributed by atoms with van der Waals surface area (Å²) in [5.41, 5.74) is 12.1. The molecular formula is C50H33NO. The highest BCUT2D eigenvalue weighted by molar-refractivity contribution is 6.17. The Labute approximate surface area is 302 Å². The molecule has 0 saturated carbocycles. The molecule has 52 heavy (non-hydrogen) atoms. The molecule has 0 fully saturated rings. The summed E-state index contributed by atoms with van der Waals surface area (Å²) in [5.74, 6) is 0. The maximum Gasteiger partial charge on any atom is 0.159 e. The Bertz CT molecular complexity index is 2870. The number of hydrogen-bond acceptors (Lipinski definition) is 2. The summed E-state index contributed by atoms with van der Waals surface area (Å²) in [6.45, 7) is 0. The Morgan fingerprint density at radius 3 is 1.46 bits per heavy atom. The number of furan rings is 1. The quantitative estimate of drug-likeness (QED) is 0.176. The van der Waals surface area contributed by atoms with Gasteiger partial charge in [0.2, 0.25) is 0 Å². The first-order valence-electron chi connectivity index (χ1n) is 17.8. The highest BCUT2D eigenvalue weighted by atomic mass is 16.3. The zero-order chi connectivity index (χ0) is 34.4. The second kappa shape index (κ2) is 12.5. The monoisotopic (exact) mass is 663 g/mol. The third-order valence-electron chi connectivity index (χ3n) is 10.3. The lowest BCUT2D eigenvalue weighted by molar-refractivity contribution is 0.673. The van der Waals surface area contributed by atoms with Gasteiger partial charge in [-0.1, -0.05) is 158 Å². The van der Waals surface area contributed by atoms with Crippen LogP contribution in [0.25, 0.3) is 76.9 Å². The summed E-state index contributed by atoms with van der Waals surface area (Å²) in [4.78, 5) is 2.31. The molecule has 1 aromatic heterocycles. The second-order valence-electron chi connectivity index (χ2n) is 13.4. The molecule has 244 valence electrons. The van der Waals surface area contributed by atoms with Gasteiger partial charge in [0, 0.05) is 27.5 Å². The van der Waals surface area contributed by atoms with Crippen molar-refractivity contribution in [1.29, 1.82) is 0 Å². The van der Waals surface area contributed by atoms with Gasteiger partial charge in [0.1, 0.15) is 5.58 Å². The maximum atomic E-state index is 6.84. The molecule has 0 radical (unpaired) electrons. The number of benzene rings is 9. The van der Waals surface area contributed by atoms with Crippen molar-refractivity contribution >= 4 is 60.5 Å². The van der Waals surface area contributed by atoms with E-state index in [0.717, 1.165) is 44.4 Å². The Morgan fingerprint density at radius 2 is 0.769 bits per heavy atom. The van der Waals surface area contributed by atoms with Crippen molar-refractivity contribution in [2.75, 3.05) is 4.90 Å². The normalized spacial score (nSPS) is 11.5. The van der Waals surface area contributed by atoms with Crippen LogP contribution in [0.2, 0.25) is 0 Å². The first-order valence-corrected chi connectivity index (χ1v) is 17.8. The van der Waals surface area contributed by atoms with E-state index >= 15 is 0 Å². The lowest BCUT2D eigenvalue weighted by Gasteiger charge is -2.26. The van der Waals surface area contributed by atoms with E-state index in [1.165, 1.54) is 49.5 Å². The Kier molecular flexibility index (Phi) is 7.18. The van der Waals surface area contributed by atoms with Crippen molar-refractivity contribution in [3.8, 4) is 33.4 Å². The first kappa shape index (κ1) is 30.0. The van der Waals surface area contributed by atoms with Crippen LogP contribution in [0.1, 0.15) is 0 Å². The lowest BCUT2D eigenvalue weighted by atomic mass is 9.98. The number of nitrogens with zero attached hydrogens (tertiary/aromatic N) is 1. The van der Waals surface area contributed by atoms with Gasteiger partial charge in [0.05, 0.1) is 5.69 Å². The fraction of sp³-hybridized carbons (Fsp3) is 0. The fourth-order valence-corrected chi connectivity index (χ4v) is 7.58. The van der Waals surface area contributed by atoms with Gasteiger partial charge >= 0.3 is 0 Å². The van der Waals surface area contributed by atoms with Crippen LogP contribution in [-0.4, -0.2) is 0 Å². The van der Waals surface area contributed by atoms with Crippen molar-refractivity contribution in [2.45, 2.75) is 0 Å². The number of para-hydroxylation sites is 1. The Hall–Kier alpha value is -6.90. The van der Waals surface area contributed by atoms with Gasteiger partial charge in [-0.2, -0.15) is 0 Å². The van der Waals surface area contributed by atoms with Gasteiger partial charge < -0.3 is 9.32 Å². The van der Waals surface area contributed by atoms with Gasteiger partial charge in [-0.3, -0.25) is 0 Å². The van der Waals surface area contributed by atoms with E-state index in [2.05, 4.69) is 205 Å². The molecule has 2 nitrogen and oxygen atoms in total. The molecule has 0 saturated heterocycles. The van der Waals surface area contributed by atoms with Crippen LogP contribution in [0, 0.1) is 0 Å². The largest absolute Gasteiger partial charge is 0.453 e. The average Bonchev–Trinajstić information content (AvgIpc) is 3.62. The fourth-order valence-electron chi connectivity index (χ4n) is 7.58. The summed E-state index contributed by atoms with van der Waals surface area (Å²) in [7, 11) is 0. The number of hydrogen-bond donors (Lipinski definition) is 0. The molecule has 0 aliphatic carbocycles. The molecule has 0 spiro atoms. The van der Waals surface area contributed by atoms with Crippen LogP contribution >= 0.6 is 0 Å². The van der Waals surface area contributed by atoms with Gasteiger partial charge in [-0.25, -0.2) is 0 Å². The summed E-state index contributed by atoms with van der Waals surface area (Å²) in [5, 5.41) is 7.03. The van der Waals surface area contributed by atoms with Crippen molar-refractivity contribution in [3.05, 3.63) is 200 Å². The van der Waals surface area contributed by atoms with Crippen molar-refractivity contribution in [2.24, 2.45) is 0 Å². The molecule has 0 aliphatic heterocycles. The second-order valence-corrected chi connectivity index (χ2v) is 13.4. The molecule has 10 aromatic rings. The molecule has 0 unspecified atom stereocenters. The van der Waals surface area contributed by atoms with Gasteiger partial charge in [0.25, 0.3) is 0 Å². The zero-order valence-corrected chi connectivity index (χ0v) is 28.4.